The predicted molar refractivity (Wildman–Crippen MR) is 128 cm³/mol. The molecule has 2 saturated heterocycles. The summed E-state index contributed by atoms with van der Waals surface area (Å²) in [5.74, 6) is -2.10. The molecule has 39 heavy (non-hydrogen) atoms. The third kappa shape index (κ3) is 6.44. The number of rotatable bonds is 11. The monoisotopic (exact) mass is 562 g/mol. The second kappa shape index (κ2) is 13.2. The first-order valence-electron chi connectivity index (χ1n) is 11.8. The molecule has 0 bridgehead atoms. The Kier molecular flexibility index (Phi) is 10.5. The Bertz CT molecular complexity index is 977. The second-order valence-electron chi connectivity index (χ2n) is 8.80. The van der Waals surface area contributed by atoms with E-state index in [0.717, 1.165) is 6.08 Å². The third-order valence-electron chi connectivity index (χ3n) is 6.38. The molecular weight excluding hydrogens is 528 g/mol. The molecule has 9 atom stereocenters. The molecule has 0 amide bonds. The third-order valence-corrected chi connectivity index (χ3v) is 6.38. The molecule has 2 aliphatic rings. The molecule has 2 heterocycles. The van der Waals surface area contributed by atoms with Gasteiger partial charge in [-0.2, -0.15) is 0 Å². The molecule has 7 N–H and O–H groups in total. The number of ether oxygens (including phenoxy) is 7. The van der Waals surface area contributed by atoms with Gasteiger partial charge in [0.15, 0.2) is 17.8 Å². The van der Waals surface area contributed by atoms with Gasteiger partial charge in [0.25, 0.3) is 0 Å². The van der Waals surface area contributed by atoms with Crippen LogP contribution in [0.25, 0.3) is 6.08 Å². The van der Waals surface area contributed by atoms with Gasteiger partial charge in [-0.25, -0.2) is 4.79 Å². The molecule has 2 aliphatic heterocycles. The van der Waals surface area contributed by atoms with Crippen molar-refractivity contribution in [2.24, 2.45) is 0 Å². The molecule has 2 fully saturated rings. The van der Waals surface area contributed by atoms with Gasteiger partial charge in [-0.05, 0) is 23.8 Å². The standard InChI is InChI=1S/C24H34O15/c1-33-12-6-11(7-13(34-2)21(12)35-3)4-5-16(27)36-9-15-17(28)19(30)20(31)23(37-15)39-24(10-26)22(32)18(29)14(8-25)38-24/h4-7,14-15,17-20,22-23,25-26,28-32H,8-10H2,1-3H3/b5-4-/t14-,15-,17-,18-,19-,20-,22-,23-,24+/m1/s1. The minimum absolute atomic E-state index is 0.358. The van der Waals surface area contributed by atoms with E-state index in [2.05, 4.69) is 0 Å². The molecule has 220 valence electrons. The predicted octanol–water partition coefficient (Wildman–Crippen LogP) is -3.11. The summed E-state index contributed by atoms with van der Waals surface area (Å²) >= 11 is 0. The van der Waals surface area contributed by atoms with Crippen LogP contribution in [-0.2, 0) is 23.7 Å². The van der Waals surface area contributed by atoms with E-state index in [1.165, 1.54) is 27.4 Å². The van der Waals surface area contributed by atoms with Crippen LogP contribution in [-0.4, -0.2) is 138 Å². The first-order valence-corrected chi connectivity index (χ1v) is 11.8. The van der Waals surface area contributed by atoms with Gasteiger partial charge < -0.3 is 68.9 Å². The fourth-order valence-electron chi connectivity index (χ4n) is 4.19. The van der Waals surface area contributed by atoms with E-state index >= 15 is 0 Å². The van der Waals surface area contributed by atoms with E-state index < -0.39 is 80.6 Å². The number of esters is 1. The molecule has 15 nitrogen and oxygen atoms in total. The smallest absolute Gasteiger partial charge is 0.330 e. The number of hydrogen-bond acceptors (Lipinski definition) is 15. The maximum absolute atomic E-state index is 12.3. The second-order valence-corrected chi connectivity index (χ2v) is 8.80. The van der Waals surface area contributed by atoms with Gasteiger partial charge in [0.2, 0.25) is 11.5 Å². The van der Waals surface area contributed by atoms with Crippen LogP contribution < -0.4 is 14.2 Å². The van der Waals surface area contributed by atoms with Gasteiger partial charge in [-0.1, -0.05) is 0 Å². The summed E-state index contributed by atoms with van der Waals surface area (Å²) in [4.78, 5) is 12.3. The van der Waals surface area contributed by atoms with E-state index in [0.29, 0.717) is 22.8 Å². The number of methoxy groups -OCH3 is 3. The summed E-state index contributed by atoms with van der Waals surface area (Å²) in [5.41, 5.74) is 0.509. The molecule has 0 saturated carbocycles. The SMILES string of the molecule is COc1cc(/C=C\C(=O)OC[C@H]2O[C@H](O[C@]3(CO)O[C@H](CO)[C@@H](O)[C@H]3O)[C@H](O)[C@H](O)[C@@H]2O)cc(OC)c1OC. The van der Waals surface area contributed by atoms with Crippen LogP contribution >= 0.6 is 0 Å². The van der Waals surface area contributed by atoms with Crippen molar-refractivity contribution in [2.75, 3.05) is 41.2 Å². The van der Waals surface area contributed by atoms with Crippen LogP contribution in [0.3, 0.4) is 0 Å². The van der Waals surface area contributed by atoms with Gasteiger partial charge in [-0.3, -0.25) is 0 Å². The minimum atomic E-state index is -2.33. The molecule has 0 spiro atoms. The maximum atomic E-state index is 12.3. The molecule has 0 radical (unpaired) electrons. The molecule has 0 unspecified atom stereocenters. The Labute approximate surface area is 223 Å². The summed E-state index contributed by atoms with van der Waals surface area (Å²) < 4.78 is 37.0. The van der Waals surface area contributed by atoms with Crippen molar-refractivity contribution >= 4 is 12.0 Å². The molecular formula is C24H34O15. The number of carbonyl (C=O) groups is 1. The Morgan fingerprint density at radius 3 is 2.08 bits per heavy atom. The lowest BCUT2D eigenvalue weighted by Gasteiger charge is -2.43. The zero-order chi connectivity index (χ0) is 28.9. The van der Waals surface area contributed by atoms with E-state index in [9.17, 15) is 40.5 Å². The Hall–Kier alpha value is -2.57. The van der Waals surface area contributed by atoms with Crippen molar-refractivity contribution in [1.82, 2.24) is 0 Å². The van der Waals surface area contributed by atoms with Crippen LogP contribution in [0.1, 0.15) is 5.56 Å². The highest BCUT2D eigenvalue weighted by molar-refractivity contribution is 5.87. The van der Waals surface area contributed by atoms with Gasteiger partial charge in [0, 0.05) is 6.08 Å². The van der Waals surface area contributed by atoms with Gasteiger partial charge in [-0.15, -0.1) is 0 Å². The number of aliphatic hydroxyl groups excluding tert-OH is 7. The number of benzene rings is 1. The van der Waals surface area contributed by atoms with Crippen LogP contribution in [0.2, 0.25) is 0 Å². The highest BCUT2D eigenvalue weighted by atomic mass is 16.8. The largest absolute Gasteiger partial charge is 0.493 e. The fraction of sp³-hybridized carbons (Fsp3) is 0.625. The van der Waals surface area contributed by atoms with Crippen LogP contribution in [0.4, 0.5) is 0 Å². The highest BCUT2D eigenvalue weighted by Gasteiger charge is 2.58. The van der Waals surface area contributed by atoms with E-state index in [4.69, 9.17) is 33.2 Å². The Balaban J connectivity index is 1.67. The fourth-order valence-corrected chi connectivity index (χ4v) is 4.19. The van der Waals surface area contributed by atoms with Gasteiger partial charge >= 0.3 is 5.97 Å². The molecule has 1 aromatic carbocycles. The first-order chi connectivity index (χ1) is 18.5. The summed E-state index contributed by atoms with van der Waals surface area (Å²) in [6.07, 6.45) is -11.0. The molecule has 15 heteroatoms. The van der Waals surface area contributed by atoms with Gasteiger partial charge in [0.05, 0.1) is 27.9 Å². The quantitative estimate of drug-likeness (QED) is 0.105. The average molecular weight is 563 g/mol. The Morgan fingerprint density at radius 2 is 1.56 bits per heavy atom. The molecule has 1 aromatic rings. The zero-order valence-corrected chi connectivity index (χ0v) is 21.4. The van der Waals surface area contributed by atoms with Crippen molar-refractivity contribution in [1.29, 1.82) is 0 Å². The topological polar surface area (TPSA) is 223 Å². The minimum Gasteiger partial charge on any atom is -0.493 e. The van der Waals surface area contributed by atoms with Crippen molar-refractivity contribution in [3.8, 4) is 17.2 Å². The van der Waals surface area contributed by atoms with E-state index in [1.807, 2.05) is 0 Å². The number of aliphatic hydroxyl groups is 7. The highest BCUT2D eigenvalue weighted by Crippen LogP contribution is 2.39. The summed E-state index contributed by atoms with van der Waals surface area (Å²) in [5, 5.41) is 70.4. The van der Waals surface area contributed by atoms with Crippen molar-refractivity contribution < 1.29 is 73.7 Å². The lowest BCUT2D eigenvalue weighted by Crippen LogP contribution is -2.62. The van der Waals surface area contributed by atoms with Crippen LogP contribution in [0.15, 0.2) is 18.2 Å². The molecule has 0 aromatic heterocycles. The van der Waals surface area contributed by atoms with Crippen LogP contribution in [0, 0.1) is 0 Å². The lowest BCUT2D eigenvalue weighted by molar-refractivity contribution is -0.383. The number of carbonyl (C=O) groups excluding carboxylic acids is 1. The van der Waals surface area contributed by atoms with Crippen LogP contribution in [0.5, 0.6) is 17.2 Å². The molecule has 3 rings (SSSR count). The summed E-state index contributed by atoms with van der Waals surface area (Å²) in [6.45, 7) is -2.35. The normalized spacial score (nSPS) is 34.7. The summed E-state index contributed by atoms with van der Waals surface area (Å²) in [6, 6.07) is 3.18. The molecule has 0 aliphatic carbocycles. The van der Waals surface area contributed by atoms with Crippen molar-refractivity contribution in [2.45, 2.75) is 54.8 Å². The first kappa shape index (κ1) is 31.0. The average Bonchev–Trinajstić information content (AvgIpc) is 3.19. The Morgan fingerprint density at radius 1 is 0.923 bits per heavy atom. The van der Waals surface area contributed by atoms with Crippen molar-refractivity contribution in [3.63, 3.8) is 0 Å². The van der Waals surface area contributed by atoms with Crippen molar-refractivity contribution in [3.05, 3.63) is 23.8 Å². The number of hydrogen-bond donors (Lipinski definition) is 7. The lowest BCUT2D eigenvalue weighted by atomic mass is 9.99. The van der Waals surface area contributed by atoms with E-state index in [1.54, 1.807) is 12.1 Å². The summed E-state index contributed by atoms with van der Waals surface area (Å²) in [7, 11) is 4.32. The zero-order valence-electron chi connectivity index (χ0n) is 21.4. The van der Waals surface area contributed by atoms with E-state index in [-0.39, 0.29) is 0 Å². The maximum Gasteiger partial charge on any atom is 0.330 e. The van der Waals surface area contributed by atoms with Gasteiger partial charge in [0.1, 0.15) is 55.9 Å².